The Labute approximate surface area is 146 Å². The summed E-state index contributed by atoms with van der Waals surface area (Å²) in [7, 11) is 0. The highest BCUT2D eigenvalue weighted by molar-refractivity contribution is 7.90. The maximum Gasteiger partial charge on any atom is 0.342 e. The van der Waals surface area contributed by atoms with Crippen molar-refractivity contribution in [2.75, 3.05) is 6.26 Å². The van der Waals surface area contributed by atoms with Crippen LogP contribution in [-0.4, -0.2) is 25.8 Å². The second kappa shape index (κ2) is 6.97. The Balaban J connectivity index is 2.16. The Morgan fingerprint density at radius 1 is 1.26 bits per heavy atom. The molecule has 0 radical (unpaired) electrons. The van der Waals surface area contributed by atoms with E-state index in [-0.39, 0.29) is 0 Å². The third-order valence-electron chi connectivity index (χ3n) is 3.20. The molecule has 1 atom stereocenters. The first-order chi connectivity index (χ1) is 11.1. The lowest BCUT2D eigenvalue weighted by Crippen LogP contribution is -2.04. The minimum absolute atomic E-state index is 0.325. The number of hydrogen-bond acceptors (Lipinski definition) is 5. The molecule has 2 heterocycles. The van der Waals surface area contributed by atoms with Crippen LogP contribution in [0.15, 0.2) is 41.7 Å². The predicted octanol–water partition coefficient (Wildman–Crippen LogP) is 4.22. The van der Waals surface area contributed by atoms with Crippen LogP contribution in [0.2, 0.25) is 5.02 Å². The van der Waals surface area contributed by atoms with E-state index in [0.29, 0.717) is 10.2 Å². The molecule has 0 N–H and O–H groups in total. The quantitative estimate of drug-likeness (QED) is 0.514. The average Bonchev–Trinajstić information content (AvgIpc) is 2.99. The summed E-state index contributed by atoms with van der Waals surface area (Å²) in [5, 5.41) is 2.01. The maximum absolute atomic E-state index is 11.6. The molecule has 1 aromatic carbocycles. The molecular weight excluding hydrogens is 350 g/mol. The fourth-order valence-electron chi connectivity index (χ4n) is 2.13. The van der Waals surface area contributed by atoms with Gasteiger partial charge in [-0.05, 0) is 24.6 Å². The minimum atomic E-state index is -1.22. The van der Waals surface area contributed by atoms with Crippen molar-refractivity contribution >= 4 is 34.1 Å². The van der Waals surface area contributed by atoms with Gasteiger partial charge in [0.25, 0.3) is 0 Å². The van der Waals surface area contributed by atoms with Crippen molar-refractivity contribution in [3.05, 3.63) is 46.6 Å². The van der Waals surface area contributed by atoms with Crippen LogP contribution in [0.3, 0.4) is 0 Å². The fourth-order valence-corrected chi connectivity index (χ4v) is 3.75. The van der Waals surface area contributed by atoms with Crippen molar-refractivity contribution in [3.8, 4) is 21.8 Å². The molecule has 3 aromatic rings. The van der Waals surface area contributed by atoms with E-state index in [1.54, 1.807) is 23.8 Å². The molecule has 7 heteroatoms. The van der Waals surface area contributed by atoms with E-state index in [1.165, 1.54) is 0 Å². The van der Waals surface area contributed by atoms with Crippen molar-refractivity contribution in [2.24, 2.45) is 0 Å². The number of aryl methyl sites for hydroxylation is 1. The van der Waals surface area contributed by atoms with Gasteiger partial charge in [0.1, 0.15) is 6.26 Å². The monoisotopic (exact) mass is 363 g/mol. The van der Waals surface area contributed by atoms with Crippen LogP contribution in [0.5, 0.6) is 0 Å². The first kappa shape index (κ1) is 16.4. The molecule has 0 spiro atoms. The van der Waals surface area contributed by atoms with E-state index in [0.717, 1.165) is 33.3 Å². The number of hydrogen-bond donors (Lipinski definition) is 0. The van der Waals surface area contributed by atoms with Crippen LogP contribution in [0.1, 0.15) is 11.9 Å². The van der Waals surface area contributed by atoms with E-state index in [4.69, 9.17) is 16.6 Å². The molecule has 2 aromatic heterocycles. The summed E-state index contributed by atoms with van der Waals surface area (Å²) in [6, 6.07) is 9.42. The van der Waals surface area contributed by atoms with Gasteiger partial charge in [-0.1, -0.05) is 30.7 Å². The van der Waals surface area contributed by atoms with E-state index < -0.39 is 11.2 Å². The summed E-state index contributed by atoms with van der Waals surface area (Å²) in [6.07, 6.45) is 4.04. The molecule has 0 aliphatic carbocycles. The zero-order chi connectivity index (χ0) is 16.4. The summed E-state index contributed by atoms with van der Waals surface area (Å²) in [6.45, 7) is 2.07. The fraction of sp³-hybridized carbons (Fsp3) is 0.188. The third-order valence-corrected chi connectivity index (χ3v) is 5.36. The molecule has 118 valence electrons. The number of thiazole rings is 1. The van der Waals surface area contributed by atoms with Gasteiger partial charge in [-0.2, -0.15) is 9.97 Å². The predicted molar refractivity (Wildman–Crippen MR) is 95.3 cm³/mol. The standard InChI is InChI=1S/C16H14ClN3OS2/c1-3-13-20-14(10-5-4-6-11(17)9-10)15(22-13)12-7-8-18-16(19-12)23(2)21/h4-9H,3H2,1-2H3. The summed E-state index contributed by atoms with van der Waals surface area (Å²) >= 11 is 6.48. The number of nitrogens with zero attached hydrogens (tertiary/aromatic N) is 3. The Morgan fingerprint density at radius 2 is 2.09 bits per heavy atom. The van der Waals surface area contributed by atoms with E-state index in [2.05, 4.69) is 16.9 Å². The molecule has 1 unspecified atom stereocenters. The lowest BCUT2D eigenvalue weighted by atomic mass is 10.1. The van der Waals surface area contributed by atoms with Gasteiger partial charge in [0.15, 0.2) is 0 Å². The second-order valence-electron chi connectivity index (χ2n) is 4.83. The molecule has 0 aliphatic rings. The molecule has 0 fully saturated rings. The van der Waals surface area contributed by atoms with Crippen LogP contribution in [0.25, 0.3) is 21.8 Å². The van der Waals surface area contributed by atoms with Crippen molar-refractivity contribution in [1.82, 2.24) is 15.0 Å². The van der Waals surface area contributed by atoms with Gasteiger partial charge in [-0.15, -0.1) is 11.3 Å². The maximum atomic E-state index is 11.6. The lowest BCUT2D eigenvalue weighted by molar-refractivity contribution is 0.592. The smallest absolute Gasteiger partial charge is 0.342 e. The van der Waals surface area contributed by atoms with Gasteiger partial charge in [-0.25, -0.2) is 4.98 Å². The van der Waals surface area contributed by atoms with Crippen LogP contribution < -0.4 is 0 Å². The Morgan fingerprint density at radius 3 is 2.78 bits per heavy atom. The van der Waals surface area contributed by atoms with Crippen molar-refractivity contribution in [3.63, 3.8) is 0 Å². The Bertz CT molecular complexity index is 836. The topological polar surface area (TPSA) is 61.7 Å². The van der Waals surface area contributed by atoms with Crippen molar-refractivity contribution < 1.29 is 4.55 Å². The van der Waals surface area contributed by atoms with Gasteiger partial charge in [0, 0.05) is 28.0 Å². The number of rotatable bonds is 4. The number of aromatic nitrogens is 3. The molecule has 3 rings (SSSR count). The third kappa shape index (κ3) is 3.55. The first-order valence-corrected chi connectivity index (χ1v) is 9.76. The highest BCUT2D eigenvalue weighted by Gasteiger charge is 2.18. The highest BCUT2D eigenvalue weighted by Crippen LogP contribution is 2.36. The average molecular weight is 364 g/mol. The zero-order valence-corrected chi connectivity index (χ0v) is 15.0. The van der Waals surface area contributed by atoms with Gasteiger partial charge in [0.2, 0.25) is 0 Å². The molecular formula is C16H14ClN3OS2. The largest absolute Gasteiger partial charge is 0.609 e. The SMILES string of the molecule is CCc1nc(-c2cccc(Cl)c2)c(-c2ccnc([S+](C)[O-])n2)s1. The van der Waals surface area contributed by atoms with Crippen LogP contribution >= 0.6 is 22.9 Å². The summed E-state index contributed by atoms with van der Waals surface area (Å²) in [4.78, 5) is 14.1. The van der Waals surface area contributed by atoms with Gasteiger partial charge < -0.3 is 4.55 Å². The van der Waals surface area contributed by atoms with Crippen LogP contribution in [0, 0.1) is 0 Å². The van der Waals surface area contributed by atoms with Crippen molar-refractivity contribution in [1.29, 1.82) is 0 Å². The molecule has 0 bridgehead atoms. The first-order valence-electron chi connectivity index (χ1n) is 7.01. The molecule has 0 saturated carbocycles. The Hall–Kier alpha value is -1.47. The van der Waals surface area contributed by atoms with Crippen molar-refractivity contribution in [2.45, 2.75) is 18.5 Å². The summed E-state index contributed by atoms with van der Waals surface area (Å²) < 4.78 is 11.6. The number of benzene rings is 1. The second-order valence-corrected chi connectivity index (χ2v) is 7.62. The van der Waals surface area contributed by atoms with Crippen LogP contribution in [-0.2, 0) is 17.6 Å². The zero-order valence-electron chi connectivity index (χ0n) is 12.6. The minimum Gasteiger partial charge on any atom is -0.609 e. The molecule has 0 aliphatic heterocycles. The summed E-state index contributed by atoms with van der Waals surface area (Å²) in [5.74, 6) is 0. The molecule has 4 nitrogen and oxygen atoms in total. The Kier molecular flexibility index (Phi) is 4.96. The normalized spacial score (nSPS) is 12.3. The summed E-state index contributed by atoms with van der Waals surface area (Å²) in [5.41, 5.74) is 2.53. The van der Waals surface area contributed by atoms with Gasteiger partial charge in [0.05, 0.1) is 21.3 Å². The number of halogens is 1. The van der Waals surface area contributed by atoms with Gasteiger partial charge >= 0.3 is 5.16 Å². The van der Waals surface area contributed by atoms with E-state index in [1.807, 2.05) is 30.3 Å². The highest BCUT2D eigenvalue weighted by atomic mass is 35.5. The molecule has 23 heavy (non-hydrogen) atoms. The molecule has 0 saturated heterocycles. The van der Waals surface area contributed by atoms with E-state index in [9.17, 15) is 4.55 Å². The van der Waals surface area contributed by atoms with E-state index >= 15 is 0 Å². The van der Waals surface area contributed by atoms with Crippen LogP contribution in [0.4, 0.5) is 0 Å². The van der Waals surface area contributed by atoms with Gasteiger partial charge in [-0.3, -0.25) is 0 Å². The molecule has 0 amide bonds. The lowest BCUT2D eigenvalue weighted by Gasteiger charge is -2.05.